The summed E-state index contributed by atoms with van der Waals surface area (Å²) in [6, 6.07) is 3.89. The van der Waals surface area contributed by atoms with Gasteiger partial charge in [0.25, 0.3) is 0 Å². The van der Waals surface area contributed by atoms with Crippen LogP contribution in [0.4, 0.5) is 10.5 Å². The van der Waals surface area contributed by atoms with Crippen LogP contribution >= 0.6 is 11.6 Å². The third-order valence-corrected chi connectivity index (χ3v) is 4.26. The Balaban J connectivity index is 1.92. The molecule has 1 fully saturated rings. The van der Waals surface area contributed by atoms with Crippen LogP contribution in [0.1, 0.15) is 43.0 Å². The Bertz CT molecular complexity index is 554. The zero-order valence-corrected chi connectivity index (χ0v) is 12.7. The van der Waals surface area contributed by atoms with Crippen molar-refractivity contribution in [2.45, 2.75) is 32.6 Å². The summed E-state index contributed by atoms with van der Waals surface area (Å²) in [6.07, 6.45) is 4.67. The van der Waals surface area contributed by atoms with Gasteiger partial charge in [-0.25, -0.2) is 9.59 Å². The van der Waals surface area contributed by atoms with E-state index in [2.05, 4.69) is 17.6 Å². The first-order chi connectivity index (χ1) is 9.89. The van der Waals surface area contributed by atoms with Gasteiger partial charge in [-0.05, 0) is 36.5 Å². The van der Waals surface area contributed by atoms with E-state index in [9.17, 15) is 9.59 Å². The van der Waals surface area contributed by atoms with Crippen LogP contribution in [0.15, 0.2) is 18.2 Å². The first-order valence-electron chi connectivity index (χ1n) is 6.97. The number of nitrogens with one attached hydrogen (secondary N) is 2. The summed E-state index contributed by atoms with van der Waals surface area (Å²) in [4.78, 5) is 22.7. The maximum absolute atomic E-state index is 11.9. The molecule has 1 aliphatic rings. The largest absolute Gasteiger partial charge is 0.478 e. The highest BCUT2D eigenvalue weighted by atomic mass is 35.5. The van der Waals surface area contributed by atoms with Crippen LogP contribution in [0.25, 0.3) is 0 Å². The van der Waals surface area contributed by atoms with Crippen molar-refractivity contribution in [1.29, 1.82) is 0 Å². The highest BCUT2D eigenvalue weighted by Crippen LogP contribution is 2.36. The fourth-order valence-corrected chi connectivity index (χ4v) is 2.84. The Morgan fingerprint density at radius 2 is 2.00 bits per heavy atom. The zero-order chi connectivity index (χ0) is 15.5. The number of rotatable bonds is 4. The maximum atomic E-state index is 11.9. The quantitative estimate of drug-likeness (QED) is 0.792. The minimum Gasteiger partial charge on any atom is -0.478 e. The lowest BCUT2D eigenvalue weighted by molar-refractivity contribution is 0.0697. The summed E-state index contributed by atoms with van der Waals surface area (Å²) in [7, 11) is 0. The van der Waals surface area contributed by atoms with E-state index in [0.29, 0.717) is 12.2 Å². The lowest BCUT2D eigenvalue weighted by atomic mass is 9.89. The fourth-order valence-electron chi connectivity index (χ4n) is 2.62. The van der Waals surface area contributed by atoms with Gasteiger partial charge in [-0.2, -0.15) is 0 Å². The van der Waals surface area contributed by atoms with Crippen molar-refractivity contribution >= 4 is 29.3 Å². The summed E-state index contributed by atoms with van der Waals surface area (Å²) in [6.45, 7) is 2.80. The number of halogens is 1. The molecule has 0 radical (unpaired) electrons. The second kappa shape index (κ2) is 6.35. The molecule has 1 aliphatic carbocycles. The van der Waals surface area contributed by atoms with Crippen LogP contribution in [-0.4, -0.2) is 23.7 Å². The Kier molecular flexibility index (Phi) is 4.73. The third-order valence-electron chi connectivity index (χ3n) is 3.95. The standard InChI is InChI=1S/C15H19ClN2O3/c1-15(6-2-3-7-15)9-17-14(21)18-12-5-4-10(13(19)20)8-11(12)16/h4-5,8H,2-3,6-7,9H2,1H3,(H,19,20)(H2,17,18,21). The molecule has 0 aliphatic heterocycles. The number of carbonyl (C=O) groups excluding carboxylic acids is 1. The lowest BCUT2D eigenvalue weighted by Gasteiger charge is -2.23. The van der Waals surface area contributed by atoms with Crippen molar-refractivity contribution in [1.82, 2.24) is 5.32 Å². The van der Waals surface area contributed by atoms with Crippen molar-refractivity contribution in [3.05, 3.63) is 28.8 Å². The molecule has 21 heavy (non-hydrogen) atoms. The molecule has 114 valence electrons. The van der Waals surface area contributed by atoms with Gasteiger partial charge >= 0.3 is 12.0 Å². The number of carboxylic acids is 1. The molecule has 5 nitrogen and oxygen atoms in total. The SMILES string of the molecule is CC1(CNC(=O)Nc2ccc(C(=O)O)cc2Cl)CCCC1. The smallest absolute Gasteiger partial charge is 0.335 e. The van der Waals surface area contributed by atoms with Gasteiger partial charge in [0, 0.05) is 6.54 Å². The molecule has 0 spiro atoms. The highest BCUT2D eigenvalue weighted by molar-refractivity contribution is 6.34. The van der Waals surface area contributed by atoms with Crippen molar-refractivity contribution in [3.8, 4) is 0 Å². The Labute approximate surface area is 128 Å². The number of carboxylic acid groups (broad SMARTS) is 1. The topological polar surface area (TPSA) is 78.4 Å². The molecule has 0 heterocycles. The normalized spacial score (nSPS) is 16.5. The lowest BCUT2D eigenvalue weighted by Crippen LogP contribution is -2.36. The average Bonchev–Trinajstić information content (AvgIpc) is 2.86. The van der Waals surface area contributed by atoms with Gasteiger partial charge < -0.3 is 15.7 Å². The van der Waals surface area contributed by atoms with Gasteiger partial charge in [-0.15, -0.1) is 0 Å². The molecule has 0 unspecified atom stereocenters. The first-order valence-corrected chi connectivity index (χ1v) is 7.35. The third kappa shape index (κ3) is 4.11. The van der Waals surface area contributed by atoms with E-state index in [4.69, 9.17) is 16.7 Å². The Morgan fingerprint density at radius 1 is 1.33 bits per heavy atom. The van der Waals surface area contributed by atoms with Gasteiger partial charge in [0.15, 0.2) is 0 Å². The monoisotopic (exact) mass is 310 g/mol. The second-order valence-electron chi connectivity index (χ2n) is 5.83. The molecule has 0 aromatic heterocycles. The maximum Gasteiger partial charge on any atom is 0.335 e. The number of hydrogen-bond acceptors (Lipinski definition) is 2. The van der Waals surface area contributed by atoms with E-state index in [0.717, 1.165) is 12.8 Å². The van der Waals surface area contributed by atoms with Crippen LogP contribution in [-0.2, 0) is 0 Å². The van der Waals surface area contributed by atoms with E-state index in [1.54, 1.807) is 0 Å². The molecule has 2 rings (SSSR count). The number of amides is 2. The van der Waals surface area contributed by atoms with Crippen LogP contribution in [0, 0.1) is 5.41 Å². The number of benzene rings is 1. The molecule has 0 saturated heterocycles. The average molecular weight is 311 g/mol. The number of carbonyl (C=O) groups is 2. The molecule has 1 saturated carbocycles. The van der Waals surface area contributed by atoms with E-state index in [1.807, 2.05) is 0 Å². The van der Waals surface area contributed by atoms with Crippen LogP contribution in [0.2, 0.25) is 5.02 Å². The second-order valence-corrected chi connectivity index (χ2v) is 6.23. The summed E-state index contributed by atoms with van der Waals surface area (Å²) in [5, 5.41) is 14.6. The van der Waals surface area contributed by atoms with Crippen LogP contribution in [0.5, 0.6) is 0 Å². The van der Waals surface area contributed by atoms with Gasteiger partial charge in [0.1, 0.15) is 0 Å². The molecule has 0 bridgehead atoms. The van der Waals surface area contributed by atoms with Gasteiger partial charge in [-0.3, -0.25) is 0 Å². The van der Waals surface area contributed by atoms with Crippen LogP contribution in [0.3, 0.4) is 0 Å². The number of hydrogen-bond donors (Lipinski definition) is 3. The predicted octanol–water partition coefficient (Wildman–Crippen LogP) is 3.74. The molecule has 2 amide bonds. The van der Waals surface area contributed by atoms with Crippen molar-refractivity contribution < 1.29 is 14.7 Å². The van der Waals surface area contributed by atoms with E-state index in [-0.39, 0.29) is 22.0 Å². The van der Waals surface area contributed by atoms with Crippen LogP contribution < -0.4 is 10.6 Å². The van der Waals surface area contributed by atoms with E-state index in [1.165, 1.54) is 31.0 Å². The molecule has 1 aromatic carbocycles. The summed E-state index contributed by atoms with van der Waals surface area (Å²) >= 11 is 5.97. The Hall–Kier alpha value is -1.75. The Morgan fingerprint density at radius 3 is 2.57 bits per heavy atom. The molecular formula is C15H19ClN2O3. The van der Waals surface area contributed by atoms with Crippen molar-refractivity contribution in [3.63, 3.8) is 0 Å². The summed E-state index contributed by atoms with van der Waals surface area (Å²) in [5.41, 5.74) is 0.661. The minimum atomic E-state index is -1.05. The molecule has 0 atom stereocenters. The van der Waals surface area contributed by atoms with E-state index >= 15 is 0 Å². The van der Waals surface area contributed by atoms with Crippen molar-refractivity contribution in [2.75, 3.05) is 11.9 Å². The van der Waals surface area contributed by atoms with Gasteiger partial charge in [0.05, 0.1) is 16.3 Å². The zero-order valence-electron chi connectivity index (χ0n) is 11.9. The van der Waals surface area contributed by atoms with Gasteiger partial charge in [0.2, 0.25) is 0 Å². The molecule has 1 aromatic rings. The molecular weight excluding hydrogens is 292 g/mol. The van der Waals surface area contributed by atoms with Gasteiger partial charge in [-0.1, -0.05) is 31.4 Å². The number of aromatic carboxylic acids is 1. The summed E-state index contributed by atoms with van der Waals surface area (Å²) in [5.74, 6) is -1.05. The number of urea groups is 1. The number of anilines is 1. The minimum absolute atomic E-state index is 0.0874. The fraction of sp³-hybridized carbons (Fsp3) is 0.467. The molecule has 3 N–H and O–H groups in total. The molecule has 6 heteroatoms. The van der Waals surface area contributed by atoms with Crippen molar-refractivity contribution in [2.24, 2.45) is 5.41 Å². The van der Waals surface area contributed by atoms with E-state index < -0.39 is 5.97 Å². The first kappa shape index (κ1) is 15.6. The summed E-state index contributed by atoms with van der Waals surface area (Å²) < 4.78 is 0. The highest BCUT2D eigenvalue weighted by Gasteiger charge is 2.28. The predicted molar refractivity (Wildman–Crippen MR) is 82.0 cm³/mol.